The second kappa shape index (κ2) is 5.86. The van der Waals surface area contributed by atoms with Crippen molar-refractivity contribution in [2.75, 3.05) is 38.0 Å². The number of amides is 1. The van der Waals surface area contributed by atoms with Crippen LogP contribution in [-0.2, 0) is 14.8 Å². The Hall–Kier alpha value is -1.93. The average molecular weight is 348 g/mol. The molecule has 24 heavy (non-hydrogen) atoms. The predicted octanol–water partition coefficient (Wildman–Crippen LogP) is 0.753. The van der Waals surface area contributed by atoms with Crippen molar-refractivity contribution >= 4 is 27.5 Å². The van der Waals surface area contributed by atoms with Crippen LogP contribution in [0.2, 0.25) is 0 Å². The fourth-order valence-corrected chi connectivity index (χ4v) is 4.30. The lowest BCUT2D eigenvalue weighted by Gasteiger charge is -2.35. The third kappa shape index (κ3) is 3.03. The van der Waals surface area contributed by atoms with Crippen molar-refractivity contribution in [3.05, 3.63) is 24.3 Å². The Morgan fingerprint density at radius 2 is 1.88 bits per heavy atom. The van der Waals surface area contributed by atoms with Crippen LogP contribution in [0, 0.1) is 5.92 Å². The number of piperazine rings is 1. The van der Waals surface area contributed by atoms with Crippen molar-refractivity contribution in [2.24, 2.45) is 10.3 Å². The van der Waals surface area contributed by atoms with Crippen LogP contribution in [0.3, 0.4) is 0 Å². The van der Waals surface area contributed by atoms with Gasteiger partial charge in [-0.3, -0.25) is 9.69 Å². The number of benzene rings is 1. The first-order chi connectivity index (χ1) is 11.5. The van der Waals surface area contributed by atoms with Crippen LogP contribution in [0.15, 0.2) is 33.6 Å². The number of nitrogens with one attached hydrogen (secondary N) is 1. The van der Waals surface area contributed by atoms with E-state index in [1.165, 1.54) is 0 Å². The van der Waals surface area contributed by atoms with Gasteiger partial charge in [0.15, 0.2) is 0 Å². The Morgan fingerprint density at radius 1 is 1.17 bits per heavy atom. The molecule has 1 amide bonds. The molecule has 2 aliphatic heterocycles. The molecular weight excluding hydrogens is 328 g/mol. The highest BCUT2D eigenvalue weighted by molar-refractivity contribution is 7.90. The molecule has 3 aliphatic rings. The Kier molecular flexibility index (Phi) is 3.80. The number of para-hydroxylation sites is 1. The first kappa shape index (κ1) is 15.6. The van der Waals surface area contributed by atoms with E-state index in [4.69, 9.17) is 0 Å². The minimum absolute atomic E-state index is 0.216. The van der Waals surface area contributed by atoms with Crippen LogP contribution in [0.25, 0.3) is 0 Å². The van der Waals surface area contributed by atoms with Crippen LogP contribution in [0.4, 0.5) is 5.69 Å². The lowest BCUT2D eigenvalue weighted by atomic mass is 10.2. The van der Waals surface area contributed by atoms with Gasteiger partial charge < -0.3 is 10.2 Å². The van der Waals surface area contributed by atoms with Gasteiger partial charge in [-0.25, -0.2) is 0 Å². The minimum Gasteiger partial charge on any atom is -0.341 e. The highest BCUT2D eigenvalue weighted by atomic mass is 32.2. The molecule has 0 spiro atoms. The lowest BCUT2D eigenvalue weighted by molar-refractivity contribution is -0.134. The Morgan fingerprint density at radius 3 is 2.58 bits per heavy atom. The van der Waals surface area contributed by atoms with Crippen LogP contribution in [-0.4, -0.2) is 62.7 Å². The maximum absolute atomic E-state index is 12.2. The molecule has 1 aromatic rings. The van der Waals surface area contributed by atoms with E-state index in [1.807, 2.05) is 4.90 Å². The van der Waals surface area contributed by atoms with Gasteiger partial charge in [0.2, 0.25) is 5.91 Å². The highest BCUT2D eigenvalue weighted by Crippen LogP contribution is 2.31. The summed E-state index contributed by atoms with van der Waals surface area (Å²) in [6.45, 7) is 3.32. The van der Waals surface area contributed by atoms with Crippen molar-refractivity contribution in [3.8, 4) is 0 Å². The molecule has 1 saturated carbocycles. The largest absolute Gasteiger partial charge is 0.341 e. The molecule has 2 heterocycles. The second-order valence-corrected chi connectivity index (χ2v) is 8.08. The molecule has 4 rings (SSSR count). The van der Waals surface area contributed by atoms with Crippen LogP contribution >= 0.6 is 0 Å². The van der Waals surface area contributed by atoms with Gasteiger partial charge in [-0.1, -0.05) is 12.1 Å². The molecule has 0 bridgehead atoms. The van der Waals surface area contributed by atoms with E-state index in [-0.39, 0.29) is 16.7 Å². The van der Waals surface area contributed by atoms with E-state index in [1.54, 1.807) is 24.3 Å². The van der Waals surface area contributed by atoms with E-state index in [2.05, 4.69) is 14.6 Å². The van der Waals surface area contributed by atoms with E-state index in [0.29, 0.717) is 31.2 Å². The molecule has 7 nitrogen and oxygen atoms in total. The van der Waals surface area contributed by atoms with Crippen molar-refractivity contribution in [1.82, 2.24) is 9.80 Å². The summed E-state index contributed by atoms with van der Waals surface area (Å²) in [7, 11) is -3.63. The molecular formula is C16H20N4O3S. The monoisotopic (exact) mass is 348 g/mol. The second-order valence-electron chi connectivity index (χ2n) is 6.51. The van der Waals surface area contributed by atoms with Crippen molar-refractivity contribution in [3.63, 3.8) is 0 Å². The third-order valence-corrected chi connectivity index (χ3v) is 6.03. The summed E-state index contributed by atoms with van der Waals surface area (Å²) < 4.78 is 28.4. The standard InChI is InChI=1S/C16H20N4O3S/c21-16(12-5-6-12)20-9-7-19(8-10-20)11-15-17-13-3-1-2-4-14(13)24(22,23)18-15/h1-4,12H,5-11H2,(H,17,18). The smallest absolute Gasteiger partial charge is 0.286 e. The molecule has 0 aromatic heterocycles. The van der Waals surface area contributed by atoms with Crippen LogP contribution in [0.5, 0.6) is 0 Å². The maximum atomic E-state index is 12.2. The van der Waals surface area contributed by atoms with Gasteiger partial charge in [0.25, 0.3) is 10.0 Å². The van der Waals surface area contributed by atoms with Gasteiger partial charge in [0, 0.05) is 32.1 Å². The van der Waals surface area contributed by atoms with E-state index < -0.39 is 10.0 Å². The fourth-order valence-electron chi connectivity index (χ4n) is 3.16. The molecule has 0 atom stereocenters. The highest BCUT2D eigenvalue weighted by Gasteiger charge is 2.35. The molecule has 1 N–H and O–H groups in total. The summed E-state index contributed by atoms with van der Waals surface area (Å²) in [4.78, 5) is 16.3. The number of amidine groups is 1. The summed E-state index contributed by atoms with van der Waals surface area (Å²) in [5.74, 6) is 0.970. The van der Waals surface area contributed by atoms with Crippen LogP contribution in [0.1, 0.15) is 12.8 Å². The summed E-state index contributed by atoms with van der Waals surface area (Å²) in [5.41, 5.74) is 0.574. The van der Waals surface area contributed by atoms with Gasteiger partial charge in [0.1, 0.15) is 10.7 Å². The topological polar surface area (TPSA) is 82.1 Å². The van der Waals surface area contributed by atoms with Crippen molar-refractivity contribution < 1.29 is 13.2 Å². The molecule has 2 fully saturated rings. The minimum atomic E-state index is -3.63. The van der Waals surface area contributed by atoms with E-state index >= 15 is 0 Å². The zero-order valence-corrected chi connectivity index (χ0v) is 14.1. The van der Waals surface area contributed by atoms with E-state index in [9.17, 15) is 13.2 Å². The first-order valence-electron chi connectivity index (χ1n) is 8.24. The molecule has 0 radical (unpaired) electrons. The number of nitrogens with zero attached hydrogens (tertiary/aromatic N) is 3. The van der Waals surface area contributed by atoms with Crippen LogP contribution < -0.4 is 5.32 Å². The zero-order chi connectivity index (χ0) is 16.7. The molecule has 1 aliphatic carbocycles. The zero-order valence-electron chi connectivity index (χ0n) is 13.3. The number of rotatable bonds is 3. The summed E-state index contributed by atoms with van der Waals surface area (Å²) in [6.07, 6.45) is 2.05. The number of fused-ring (bicyclic) bond motifs is 1. The number of hydrogen-bond donors (Lipinski definition) is 1. The fraction of sp³-hybridized carbons (Fsp3) is 0.500. The van der Waals surface area contributed by atoms with Gasteiger partial charge in [0.05, 0.1) is 12.2 Å². The quantitative estimate of drug-likeness (QED) is 0.872. The average Bonchev–Trinajstić information content (AvgIpc) is 3.39. The van der Waals surface area contributed by atoms with Crippen molar-refractivity contribution in [1.29, 1.82) is 0 Å². The SMILES string of the molecule is O=C(C1CC1)N1CCN(CC2=NS(=O)(=O)c3ccccc3N2)CC1. The molecule has 1 saturated heterocycles. The molecule has 1 aromatic carbocycles. The summed E-state index contributed by atoms with van der Waals surface area (Å²) in [6, 6.07) is 6.79. The van der Waals surface area contributed by atoms with Gasteiger partial charge in [-0.05, 0) is 25.0 Å². The normalized spacial score (nSPS) is 23.2. The van der Waals surface area contributed by atoms with E-state index in [0.717, 1.165) is 25.9 Å². The van der Waals surface area contributed by atoms with Gasteiger partial charge in [-0.15, -0.1) is 4.40 Å². The summed E-state index contributed by atoms with van der Waals surface area (Å²) in [5, 5.41) is 3.11. The number of anilines is 1. The number of carbonyl (C=O) groups excluding carboxylic acids is 1. The summed E-state index contributed by atoms with van der Waals surface area (Å²) >= 11 is 0. The molecule has 8 heteroatoms. The Labute approximate surface area is 141 Å². The number of carbonyl (C=O) groups is 1. The van der Waals surface area contributed by atoms with Gasteiger partial charge in [-0.2, -0.15) is 8.42 Å². The number of sulfonamides is 1. The lowest BCUT2D eigenvalue weighted by Crippen LogP contribution is -2.51. The Balaban J connectivity index is 1.40. The molecule has 128 valence electrons. The maximum Gasteiger partial charge on any atom is 0.286 e. The predicted molar refractivity (Wildman–Crippen MR) is 90.4 cm³/mol. The molecule has 0 unspecified atom stereocenters. The Bertz CT molecular complexity index is 793. The van der Waals surface area contributed by atoms with Gasteiger partial charge >= 0.3 is 0 Å². The van der Waals surface area contributed by atoms with Crippen molar-refractivity contribution in [2.45, 2.75) is 17.7 Å². The first-order valence-corrected chi connectivity index (χ1v) is 9.68. The third-order valence-electron chi connectivity index (χ3n) is 4.66. The number of hydrogen-bond acceptors (Lipinski definition) is 5.